The van der Waals surface area contributed by atoms with Gasteiger partial charge in [0, 0.05) is 24.3 Å². The van der Waals surface area contributed by atoms with E-state index in [1.54, 1.807) is 26.2 Å². The number of hydrogen-bond acceptors (Lipinski definition) is 3. The number of benzene rings is 2. The van der Waals surface area contributed by atoms with Crippen molar-refractivity contribution in [3.8, 4) is 11.5 Å². The van der Waals surface area contributed by atoms with Crippen LogP contribution >= 0.6 is 0 Å². The normalized spacial score (nSPS) is 15.1. The molecule has 2 aromatic rings. The monoisotopic (exact) mass is 295 g/mol. The minimum Gasteiger partial charge on any atom is -0.493 e. The van der Waals surface area contributed by atoms with Crippen LogP contribution in [0.5, 0.6) is 11.5 Å². The summed E-state index contributed by atoms with van der Waals surface area (Å²) in [5, 5.41) is 0. The molecule has 112 valence electrons. The lowest BCUT2D eigenvalue weighted by atomic mass is 10.0. The number of ether oxygens (including phenoxy) is 2. The summed E-state index contributed by atoms with van der Waals surface area (Å²) >= 11 is 0. The number of likely N-dealkylation sites (N-methyl/N-ethyl adjacent to an activating group) is 1. The first-order chi connectivity index (χ1) is 10.7. The summed E-state index contributed by atoms with van der Waals surface area (Å²) in [5.74, 6) is 1.19. The van der Waals surface area contributed by atoms with Gasteiger partial charge in [0.05, 0.1) is 19.9 Å². The highest BCUT2D eigenvalue weighted by Gasteiger charge is 2.31. The predicted octanol–water partition coefficient (Wildman–Crippen LogP) is 3.22. The molecule has 0 aromatic heterocycles. The van der Waals surface area contributed by atoms with E-state index >= 15 is 0 Å². The molecule has 0 spiro atoms. The zero-order valence-corrected chi connectivity index (χ0v) is 12.8. The van der Waals surface area contributed by atoms with Crippen LogP contribution in [0.1, 0.15) is 11.1 Å². The summed E-state index contributed by atoms with van der Waals surface area (Å²) in [6, 6.07) is 13.5. The molecule has 22 heavy (non-hydrogen) atoms. The molecule has 0 saturated carbocycles. The Kier molecular flexibility index (Phi) is 3.59. The van der Waals surface area contributed by atoms with Gasteiger partial charge < -0.3 is 14.4 Å². The first-order valence-electron chi connectivity index (χ1n) is 6.97. The van der Waals surface area contributed by atoms with Crippen LogP contribution < -0.4 is 14.4 Å². The number of anilines is 1. The number of nitrogens with zero attached hydrogens (tertiary/aromatic N) is 1. The van der Waals surface area contributed by atoms with Gasteiger partial charge in [-0.25, -0.2) is 0 Å². The Hall–Kier alpha value is -2.75. The summed E-state index contributed by atoms with van der Waals surface area (Å²) in [7, 11) is 4.94. The Labute approximate surface area is 129 Å². The van der Waals surface area contributed by atoms with E-state index in [1.165, 1.54) is 0 Å². The van der Waals surface area contributed by atoms with E-state index in [0.717, 1.165) is 16.8 Å². The van der Waals surface area contributed by atoms with Crippen molar-refractivity contribution >= 4 is 23.2 Å². The van der Waals surface area contributed by atoms with Crippen molar-refractivity contribution in [1.29, 1.82) is 0 Å². The summed E-state index contributed by atoms with van der Waals surface area (Å²) in [4.78, 5) is 14.2. The number of fused-ring (bicyclic) bond motifs is 1. The Balaban J connectivity index is 2.17. The Morgan fingerprint density at radius 2 is 1.64 bits per heavy atom. The summed E-state index contributed by atoms with van der Waals surface area (Å²) < 4.78 is 10.7. The Bertz CT molecular complexity index is 750. The van der Waals surface area contributed by atoms with Crippen LogP contribution in [-0.4, -0.2) is 27.2 Å². The highest BCUT2D eigenvalue weighted by Crippen LogP contribution is 2.43. The molecule has 0 saturated heterocycles. The molecule has 1 aliphatic rings. The Morgan fingerprint density at radius 3 is 2.27 bits per heavy atom. The van der Waals surface area contributed by atoms with Gasteiger partial charge in [0.15, 0.2) is 11.5 Å². The Morgan fingerprint density at radius 1 is 1.00 bits per heavy atom. The van der Waals surface area contributed by atoms with Gasteiger partial charge in [-0.15, -0.1) is 0 Å². The van der Waals surface area contributed by atoms with Crippen molar-refractivity contribution in [3.63, 3.8) is 0 Å². The molecule has 0 aliphatic carbocycles. The topological polar surface area (TPSA) is 38.8 Å². The fourth-order valence-corrected chi connectivity index (χ4v) is 2.62. The molecule has 1 aliphatic heterocycles. The van der Waals surface area contributed by atoms with Crippen molar-refractivity contribution in [2.24, 2.45) is 0 Å². The van der Waals surface area contributed by atoms with E-state index in [9.17, 15) is 4.79 Å². The molecule has 0 N–H and O–H groups in total. The van der Waals surface area contributed by atoms with Crippen molar-refractivity contribution in [2.75, 3.05) is 26.2 Å². The summed E-state index contributed by atoms with van der Waals surface area (Å²) in [6.45, 7) is 0. The van der Waals surface area contributed by atoms with E-state index in [2.05, 4.69) is 0 Å². The molecule has 3 rings (SSSR count). The minimum atomic E-state index is -0.0332. The maximum Gasteiger partial charge on any atom is 0.258 e. The highest BCUT2D eigenvalue weighted by atomic mass is 16.5. The summed E-state index contributed by atoms with van der Waals surface area (Å²) in [6.07, 6.45) is 1.90. The third kappa shape index (κ3) is 2.22. The molecule has 4 nitrogen and oxygen atoms in total. The molecule has 1 heterocycles. The van der Waals surface area contributed by atoms with Gasteiger partial charge in [-0.05, 0) is 17.7 Å². The maximum absolute atomic E-state index is 12.5. The second-order valence-corrected chi connectivity index (χ2v) is 5.06. The lowest BCUT2D eigenvalue weighted by Crippen LogP contribution is -2.20. The predicted molar refractivity (Wildman–Crippen MR) is 87.3 cm³/mol. The zero-order chi connectivity index (χ0) is 15.7. The van der Waals surface area contributed by atoms with Crippen molar-refractivity contribution < 1.29 is 14.3 Å². The lowest BCUT2D eigenvalue weighted by molar-refractivity contribution is -0.112. The van der Waals surface area contributed by atoms with Gasteiger partial charge in [0.25, 0.3) is 5.91 Å². The van der Waals surface area contributed by atoms with E-state index in [0.29, 0.717) is 17.1 Å². The molecular formula is C18H17NO3. The van der Waals surface area contributed by atoms with Crippen LogP contribution in [0.15, 0.2) is 42.5 Å². The molecule has 0 unspecified atom stereocenters. The number of hydrogen-bond donors (Lipinski definition) is 0. The molecule has 1 amide bonds. The van der Waals surface area contributed by atoms with Gasteiger partial charge in [-0.3, -0.25) is 4.79 Å². The molecular weight excluding hydrogens is 278 g/mol. The molecule has 0 fully saturated rings. The van der Waals surface area contributed by atoms with Crippen molar-refractivity contribution in [3.05, 3.63) is 53.6 Å². The minimum absolute atomic E-state index is 0.0332. The third-order valence-corrected chi connectivity index (χ3v) is 3.80. The van der Waals surface area contributed by atoms with Crippen LogP contribution in [0.3, 0.4) is 0 Å². The second kappa shape index (κ2) is 5.56. The van der Waals surface area contributed by atoms with Crippen LogP contribution in [0.2, 0.25) is 0 Å². The van der Waals surface area contributed by atoms with Crippen molar-refractivity contribution in [1.82, 2.24) is 0 Å². The SMILES string of the molecule is COc1cc2c(cc1OC)N(C)C(=O)C2=Cc1ccccc1. The van der Waals surface area contributed by atoms with E-state index in [1.807, 2.05) is 48.5 Å². The van der Waals surface area contributed by atoms with Crippen LogP contribution in [0, 0.1) is 0 Å². The number of rotatable bonds is 3. The van der Waals surface area contributed by atoms with Crippen LogP contribution in [0.4, 0.5) is 5.69 Å². The fourth-order valence-electron chi connectivity index (χ4n) is 2.62. The zero-order valence-electron chi connectivity index (χ0n) is 12.8. The van der Waals surface area contributed by atoms with Crippen LogP contribution in [0.25, 0.3) is 11.6 Å². The van der Waals surface area contributed by atoms with Gasteiger partial charge in [0.1, 0.15) is 0 Å². The maximum atomic E-state index is 12.5. The highest BCUT2D eigenvalue weighted by molar-refractivity contribution is 6.35. The third-order valence-electron chi connectivity index (χ3n) is 3.80. The van der Waals surface area contributed by atoms with Gasteiger partial charge >= 0.3 is 0 Å². The number of carbonyl (C=O) groups excluding carboxylic acids is 1. The average molecular weight is 295 g/mol. The van der Waals surface area contributed by atoms with Gasteiger partial charge in [0.2, 0.25) is 0 Å². The first kappa shape index (κ1) is 14.2. The van der Waals surface area contributed by atoms with Crippen LogP contribution in [-0.2, 0) is 4.79 Å². The van der Waals surface area contributed by atoms with Gasteiger partial charge in [-0.2, -0.15) is 0 Å². The largest absolute Gasteiger partial charge is 0.493 e. The first-order valence-corrected chi connectivity index (χ1v) is 6.97. The standard InChI is InChI=1S/C18H17NO3/c1-19-15-11-17(22-3)16(21-2)10-13(15)14(18(19)20)9-12-7-5-4-6-8-12/h4-11H,1-3H3. The summed E-state index contributed by atoms with van der Waals surface area (Å²) in [5.41, 5.74) is 3.32. The van der Waals surface area contributed by atoms with Crippen molar-refractivity contribution in [2.45, 2.75) is 0 Å². The quantitative estimate of drug-likeness (QED) is 0.816. The smallest absolute Gasteiger partial charge is 0.258 e. The van der Waals surface area contributed by atoms with Gasteiger partial charge in [-0.1, -0.05) is 30.3 Å². The number of methoxy groups -OCH3 is 2. The number of carbonyl (C=O) groups is 1. The number of amides is 1. The molecule has 2 aromatic carbocycles. The molecule has 0 atom stereocenters. The molecule has 0 radical (unpaired) electrons. The molecule has 4 heteroatoms. The second-order valence-electron chi connectivity index (χ2n) is 5.06. The van der Waals surface area contributed by atoms with E-state index in [-0.39, 0.29) is 5.91 Å². The van der Waals surface area contributed by atoms with E-state index in [4.69, 9.17) is 9.47 Å². The molecule has 0 bridgehead atoms. The lowest BCUT2D eigenvalue weighted by Gasteiger charge is -2.13. The average Bonchev–Trinajstić information content (AvgIpc) is 2.79. The van der Waals surface area contributed by atoms with E-state index < -0.39 is 0 Å². The fraction of sp³-hybridized carbons (Fsp3) is 0.167.